The summed E-state index contributed by atoms with van der Waals surface area (Å²) in [5, 5.41) is 6.66. The van der Waals surface area contributed by atoms with Crippen molar-refractivity contribution in [2.45, 2.75) is 46.9 Å². The summed E-state index contributed by atoms with van der Waals surface area (Å²) in [7, 11) is 0. The van der Waals surface area contributed by atoms with E-state index in [9.17, 15) is 18.0 Å². The van der Waals surface area contributed by atoms with Crippen molar-refractivity contribution in [1.82, 2.24) is 10.3 Å². The second-order valence-corrected chi connectivity index (χ2v) is 8.88. The number of nitrogens with one attached hydrogen (secondary N) is 1. The molecule has 0 saturated carbocycles. The Labute approximate surface area is 196 Å². The molecule has 0 aliphatic carbocycles. The predicted octanol–water partition coefficient (Wildman–Crippen LogP) is 5.71. The lowest BCUT2D eigenvalue weighted by molar-refractivity contribution is -0.137. The Morgan fingerprint density at radius 1 is 1.24 bits per heavy atom. The van der Waals surface area contributed by atoms with Gasteiger partial charge >= 0.3 is 6.18 Å². The number of rotatable bonds is 6. The van der Waals surface area contributed by atoms with Crippen molar-refractivity contribution in [3.63, 3.8) is 0 Å². The fraction of sp³-hybridized carbons (Fsp3) is 0.375. The number of oxime groups is 1. The molecule has 0 aliphatic rings. The van der Waals surface area contributed by atoms with E-state index in [2.05, 4.69) is 27.3 Å². The Bertz CT molecular complexity index is 1090. The summed E-state index contributed by atoms with van der Waals surface area (Å²) < 4.78 is 39.7. The van der Waals surface area contributed by atoms with Gasteiger partial charge < -0.3 is 10.2 Å². The number of nitrogens with zero attached hydrogens (tertiary/aromatic N) is 2. The van der Waals surface area contributed by atoms with Crippen LogP contribution in [0.25, 0.3) is 0 Å². The molecule has 0 fully saturated rings. The monoisotopic (exact) mass is 479 g/mol. The summed E-state index contributed by atoms with van der Waals surface area (Å²) in [6.07, 6.45) is -3.44. The van der Waals surface area contributed by atoms with Gasteiger partial charge in [0.1, 0.15) is 17.5 Å². The van der Waals surface area contributed by atoms with Crippen LogP contribution in [0.2, 0.25) is 5.02 Å². The predicted molar refractivity (Wildman–Crippen MR) is 122 cm³/mol. The second-order valence-electron chi connectivity index (χ2n) is 8.47. The molecule has 9 heteroatoms. The smallest absolute Gasteiger partial charge is 0.393 e. The molecule has 33 heavy (non-hydrogen) atoms. The van der Waals surface area contributed by atoms with Crippen LogP contribution < -0.4 is 5.32 Å². The SMILES string of the molecule is CC(C)O/N=C(/CNC(=O)c1ccccc1C(F)(F)F)c1ncc(C#CC(C)(C)C)cc1Cl. The Hall–Kier alpha value is -3.05. The quantitative estimate of drug-likeness (QED) is 0.328. The van der Waals surface area contributed by atoms with E-state index in [0.717, 1.165) is 12.1 Å². The third-order valence-electron chi connectivity index (χ3n) is 3.96. The highest BCUT2D eigenvalue weighted by atomic mass is 35.5. The second kappa shape index (κ2) is 10.7. The lowest BCUT2D eigenvalue weighted by Crippen LogP contribution is -2.32. The Morgan fingerprint density at radius 2 is 1.91 bits per heavy atom. The van der Waals surface area contributed by atoms with Gasteiger partial charge in [0, 0.05) is 17.2 Å². The first kappa shape index (κ1) is 26.2. The fourth-order valence-electron chi connectivity index (χ4n) is 2.49. The minimum atomic E-state index is -4.67. The number of hydrogen-bond acceptors (Lipinski definition) is 4. The maximum Gasteiger partial charge on any atom is 0.417 e. The van der Waals surface area contributed by atoms with Gasteiger partial charge in [0.05, 0.1) is 22.7 Å². The molecular weight excluding hydrogens is 455 g/mol. The molecular formula is C24H25ClF3N3O2. The number of carbonyl (C=O) groups excluding carboxylic acids is 1. The van der Waals surface area contributed by atoms with Gasteiger partial charge in [0.25, 0.3) is 5.91 Å². The van der Waals surface area contributed by atoms with Crippen LogP contribution in [0.1, 0.15) is 61.8 Å². The minimum absolute atomic E-state index is 0.155. The van der Waals surface area contributed by atoms with E-state index in [-0.39, 0.29) is 34.5 Å². The minimum Gasteiger partial charge on any atom is -0.393 e. The maximum absolute atomic E-state index is 13.2. The molecule has 0 atom stereocenters. The first-order chi connectivity index (χ1) is 15.3. The highest BCUT2D eigenvalue weighted by Gasteiger charge is 2.34. The zero-order chi connectivity index (χ0) is 24.8. The van der Waals surface area contributed by atoms with Crippen molar-refractivity contribution >= 4 is 23.2 Å². The normalized spacial score (nSPS) is 12.2. The largest absolute Gasteiger partial charge is 0.417 e. The van der Waals surface area contributed by atoms with Gasteiger partial charge in [-0.15, -0.1) is 0 Å². The van der Waals surface area contributed by atoms with E-state index in [4.69, 9.17) is 16.4 Å². The van der Waals surface area contributed by atoms with Crippen LogP contribution in [-0.4, -0.2) is 29.3 Å². The third-order valence-corrected chi connectivity index (χ3v) is 4.25. The zero-order valence-electron chi connectivity index (χ0n) is 19.0. The standard InChI is InChI=1S/C24H25ClF3N3O2/c1-15(2)33-31-20(21-19(25)12-16(13-29-21)10-11-23(3,4)5)14-30-22(32)17-8-6-7-9-18(17)24(26,27)28/h6-9,12-13,15H,14H2,1-5H3,(H,30,32)/b31-20-. The third kappa shape index (κ3) is 8.10. The van der Waals surface area contributed by atoms with E-state index in [1.165, 1.54) is 18.3 Å². The lowest BCUT2D eigenvalue weighted by atomic mass is 9.97. The van der Waals surface area contributed by atoms with Crippen LogP contribution in [0.3, 0.4) is 0 Å². The van der Waals surface area contributed by atoms with Gasteiger partial charge in [-0.1, -0.05) is 40.7 Å². The van der Waals surface area contributed by atoms with Crippen molar-refractivity contribution < 1.29 is 22.8 Å². The summed E-state index contributed by atoms with van der Waals surface area (Å²) in [6, 6.07) is 6.14. The number of amides is 1. The molecule has 1 aromatic carbocycles. The number of benzene rings is 1. The van der Waals surface area contributed by atoms with Crippen molar-refractivity contribution in [1.29, 1.82) is 0 Å². The molecule has 0 bridgehead atoms. The number of hydrogen-bond donors (Lipinski definition) is 1. The van der Waals surface area contributed by atoms with Gasteiger partial charge in [0.15, 0.2) is 0 Å². The molecule has 1 aromatic heterocycles. The molecule has 2 rings (SSSR count). The summed E-state index contributed by atoms with van der Waals surface area (Å²) in [6.45, 7) is 9.15. The van der Waals surface area contributed by atoms with E-state index in [0.29, 0.717) is 5.56 Å². The van der Waals surface area contributed by atoms with Crippen molar-refractivity contribution in [3.05, 3.63) is 63.9 Å². The summed E-state index contributed by atoms with van der Waals surface area (Å²) in [5.74, 6) is 5.15. The van der Waals surface area contributed by atoms with E-state index < -0.39 is 23.2 Å². The van der Waals surface area contributed by atoms with Crippen molar-refractivity contribution in [2.75, 3.05) is 6.54 Å². The molecule has 0 aliphatic heterocycles. The molecule has 1 amide bonds. The van der Waals surface area contributed by atoms with Gasteiger partial charge in [-0.25, -0.2) is 0 Å². The van der Waals surface area contributed by atoms with Crippen LogP contribution in [0.15, 0.2) is 41.7 Å². The van der Waals surface area contributed by atoms with Gasteiger partial charge in [-0.2, -0.15) is 13.2 Å². The van der Waals surface area contributed by atoms with Crippen molar-refractivity contribution in [3.8, 4) is 11.8 Å². The fourth-order valence-corrected chi connectivity index (χ4v) is 2.77. The molecule has 0 spiro atoms. The lowest BCUT2D eigenvalue weighted by Gasteiger charge is -2.14. The number of aromatic nitrogens is 1. The molecule has 0 unspecified atom stereocenters. The summed E-state index contributed by atoms with van der Waals surface area (Å²) in [5.41, 5.74) is -0.769. The van der Waals surface area contributed by atoms with Gasteiger partial charge in [-0.05, 0) is 52.8 Å². The Balaban J connectivity index is 2.31. The first-order valence-corrected chi connectivity index (χ1v) is 10.5. The van der Waals surface area contributed by atoms with E-state index in [1.807, 2.05) is 20.8 Å². The average Bonchev–Trinajstić information content (AvgIpc) is 2.71. The topological polar surface area (TPSA) is 63.6 Å². The van der Waals surface area contributed by atoms with E-state index in [1.54, 1.807) is 19.9 Å². The first-order valence-electron chi connectivity index (χ1n) is 10.1. The highest BCUT2D eigenvalue weighted by molar-refractivity contribution is 6.34. The van der Waals surface area contributed by atoms with Crippen LogP contribution in [0.5, 0.6) is 0 Å². The molecule has 1 N–H and O–H groups in total. The number of halogens is 4. The summed E-state index contributed by atoms with van der Waals surface area (Å²) in [4.78, 5) is 22.1. The van der Waals surface area contributed by atoms with Crippen LogP contribution in [0, 0.1) is 17.3 Å². The van der Waals surface area contributed by atoms with E-state index >= 15 is 0 Å². The highest BCUT2D eigenvalue weighted by Crippen LogP contribution is 2.31. The van der Waals surface area contributed by atoms with Gasteiger partial charge in [-0.3, -0.25) is 9.78 Å². The maximum atomic E-state index is 13.2. The number of alkyl halides is 3. The summed E-state index contributed by atoms with van der Waals surface area (Å²) >= 11 is 6.38. The van der Waals surface area contributed by atoms with Crippen LogP contribution in [0.4, 0.5) is 13.2 Å². The van der Waals surface area contributed by atoms with Crippen LogP contribution >= 0.6 is 11.6 Å². The molecule has 0 radical (unpaired) electrons. The zero-order valence-corrected chi connectivity index (χ0v) is 19.7. The molecule has 1 heterocycles. The van der Waals surface area contributed by atoms with Crippen molar-refractivity contribution in [2.24, 2.45) is 10.6 Å². The molecule has 5 nitrogen and oxygen atoms in total. The molecule has 0 saturated heterocycles. The molecule has 176 valence electrons. The van der Waals surface area contributed by atoms with Gasteiger partial charge in [0.2, 0.25) is 0 Å². The number of pyridine rings is 1. The Kier molecular flexibility index (Phi) is 8.51. The average molecular weight is 480 g/mol. The number of carbonyl (C=O) groups is 1. The molecule has 2 aromatic rings. The van der Waals surface area contributed by atoms with Crippen LogP contribution in [-0.2, 0) is 11.0 Å². The Morgan fingerprint density at radius 3 is 2.48 bits per heavy atom.